The summed E-state index contributed by atoms with van der Waals surface area (Å²) >= 11 is 0. The summed E-state index contributed by atoms with van der Waals surface area (Å²) < 4.78 is 9.03. The highest BCUT2D eigenvalue weighted by Gasteiger charge is 2.21. The summed E-state index contributed by atoms with van der Waals surface area (Å²) in [4.78, 5) is 52.1. The molecule has 1 aromatic heterocycles. The third-order valence-electron chi connectivity index (χ3n) is 6.24. The monoisotopic (exact) mass is 576 g/mol. The van der Waals surface area contributed by atoms with Crippen LogP contribution in [0.1, 0.15) is 17.5 Å². The highest BCUT2D eigenvalue weighted by Crippen LogP contribution is 2.18. The minimum atomic E-state index is -1.13. The number of hydrogen-bond acceptors (Lipinski definition) is 9. The molecule has 4 N–H and O–H groups in total. The summed E-state index contributed by atoms with van der Waals surface area (Å²) in [6, 6.07) is 23.3. The van der Waals surface area contributed by atoms with E-state index in [4.69, 9.17) is 0 Å². The lowest BCUT2D eigenvalue weighted by molar-refractivity contribution is -0.142. The molecule has 222 valence electrons. The second-order valence-electron chi connectivity index (χ2n) is 9.27. The number of nitrogens with one attached hydrogen (secondary N) is 4. The van der Waals surface area contributed by atoms with Gasteiger partial charge in [0.25, 0.3) is 0 Å². The van der Waals surface area contributed by atoms with Crippen molar-refractivity contribution >= 4 is 24.0 Å². The molecule has 0 saturated heterocycles. The normalized spacial score (nSPS) is 11.3. The molecule has 3 rings (SSSR count). The zero-order valence-electron chi connectivity index (χ0n) is 23.7. The first kappa shape index (κ1) is 31.7. The Morgan fingerprint density at radius 2 is 1.52 bits per heavy atom. The van der Waals surface area contributed by atoms with E-state index in [0.29, 0.717) is 39.0 Å². The molecule has 0 aliphatic heterocycles. The number of carbonyl (C=O) groups is 4. The predicted octanol–water partition coefficient (Wildman–Crippen LogP) is 2.41. The number of benzene rings is 2. The smallest absolute Gasteiger partial charge is 0.413 e. The van der Waals surface area contributed by atoms with E-state index in [1.165, 1.54) is 7.11 Å². The van der Waals surface area contributed by atoms with E-state index in [1.54, 1.807) is 11.2 Å². The first-order chi connectivity index (χ1) is 20.4. The zero-order chi connectivity index (χ0) is 30.2. The molecule has 0 saturated carbocycles. The van der Waals surface area contributed by atoms with Crippen molar-refractivity contribution in [2.24, 2.45) is 0 Å². The Labute approximate surface area is 244 Å². The molecule has 3 aromatic rings. The number of aromatic nitrogens is 1. The van der Waals surface area contributed by atoms with Crippen LogP contribution in [-0.2, 0) is 32.0 Å². The van der Waals surface area contributed by atoms with Gasteiger partial charge in [-0.25, -0.2) is 14.6 Å². The molecule has 12 heteroatoms. The maximum atomic E-state index is 12.6. The Bertz CT molecular complexity index is 1290. The molecule has 2 aromatic carbocycles. The van der Waals surface area contributed by atoms with Crippen molar-refractivity contribution in [3.05, 3.63) is 90.1 Å². The van der Waals surface area contributed by atoms with Gasteiger partial charge in [0.1, 0.15) is 0 Å². The van der Waals surface area contributed by atoms with Crippen LogP contribution >= 0.6 is 0 Å². The fourth-order valence-corrected chi connectivity index (χ4v) is 4.10. The fraction of sp³-hybridized carbons (Fsp3) is 0.300. The third kappa shape index (κ3) is 11.0. The number of methoxy groups -OCH3 is 2. The second kappa shape index (κ2) is 17.1. The van der Waals surface area contributed by atoms with Gasteiger partial charge in [-0.3, -0.25) is 25.3 Å². The highest BCUT2D eigenvalue weighted by atomic mass is 16.5. The van der Waals surface area contributed by atoms with E-state index < -0.39 is 24.0 Å². The van der Waals surface area contributed by atoms with E-state index >= 15 is 0 Å². The Kier molecular flexibility index (Phi) is 12.9. The average molecular weight is 577 g/mol. The summed E-state index contributed by atoms with van der Waals surface area (Å²) in [6.45, 7) is 1.53. The Balaban J connectivity index is 1.71. The van der Waals surface area contributed by atoms with Crippen molar-refractivity contribution in [1.82, 2.24) is 31.4 Å². The van der Waals surface area contributed by atoms with Crippen LogP contribution < -0.4 is 21.4 Å². The van der Waals surface area contributed by atoms with Gasteiger partial charge in [-0.1, -0.05) is 60.7 Å². The van der Waals surface area contributed by atoms with Gasteiger partial charge in [0, 0.05) is 44.0 Å². The van der Waals surface area contributed by atoms with Gasteiger partial charge in [-0.2, -0.15) is 0 Å². The first-order valence-corrected chi connectivity index (χ1v) is 13.4. The maximum absolute atomic E-state index is 12.6. The van der Waals surface area contributed by atoms with Gasteiger partial charge >= 0.3 is 24.0 Å². The molecular formula is C30H36N6O6. The van der Waals surface area contributed by atoms with Crippen LogP contribution in [0.5, 0.6) is 0 Å². The molecule has 0 radical (unpaired) electrons. The quantitative estimate of drug-likeness (QED) is 0.137. The summed E-state index contributed by atoms with van der Waals surface area (Å²) in [5.41, 5.74) is 6.40. The number of rotatable bonds is 13. The van der Waals surface area contributed by atoms with Gasteiger partial charge < -0.3 is 20.1 Å². The summed E-state index contributed by atoms with van der Waals surface area (Å²) in [7, 11) is 2.41. The van der Waals surface area contributed by atoms with Crippen molar-refractivity contribution in [3.8, 4) is 11.3 Å². The lowest BCUT2D eigenvalue weighted by atomic mass is 10.0. The molecule has 42 heavy (non-hydrogen) atoms. The van der Waals surface area contributed by atoms with Crippen LogP contribution in [0.15, 0.2) is 79.0 Å². The van der Waals surface area contributed by atoms with Crippen molar-refractivity contribution in [3.63, 3.8) is 0 Å². The van der Waals surface area contributed by atoms with E-state index in [-0.39, 0.29) is 6.04 Å². The summed E-state index contributed by atoms with van der Waals surface area (Å²) in [5, 5.41) is 9.59. The topological polar surface area (TPSA) is 151 Å². The molecule has 1 atom stereocenters. The van der Waals surface area contributed by atoms with E-state index in [1.807, 2.05) is 78.1 Å². The maximum Gasteiger partial charge on any atom is 0.413 e. The standard InChI is InChI=1S/C30H36N6O6/c1-41-29(39)33-18-17-31-25(20-22-8-4-3-5-9-22)15-19-36(35-28(38)27(37)34-30(40)42-2)21-23-11-13-24(14-12-23)26-10-6-7-16-32-26/h3-14,16,25,31H,15,17-21H2,1-2H3,(H,33,39)(H,35,38)(H,34,37,40). The lowest BCUT2D eigenvalue weighted by Gasteiger charge is -2.26. The fourth-order valence-electron chi connectivity index (χ4n) is 4.10. The summed E-state index contributed by atoms with van der Waals surface area (Å²) in [5.74, 6) is -2.13. The summed E-state index contributed by atoms with van der Waals surface area (Å²) in [6.07, 6.45) is 1.47. The molecule has 0 aliphatic carbocycles. The first-order valence-electron chi connectivity index (χ1n) is 13.4. The average Bonchev–Trinajstić information content (AvgIpc) is 3.02. The minimum Gasteiger partial charge on any atom is -0.453 e. The zero-order valence-corrected chi connectivity index (χ0v) is 23.7. The Morgan fingerprint density at radius 1 is 0.810 bits per heavy atom. The molecule has 0 aliphatic rings. The van der Waals surface area contributed by atoms with Crippen LogP contribution in [-0.4, -0.2) is 73.9 Å². The van der Waals surface area contributed by atoms with E-state index in [9.17, 15) is 19.2 Å². The van der Waals surface area contributed by atoms with Crippen LogP contribution in [0.3, 0.4) is 0 Å². The largest absolute Gasteiger partial charge is 0.453 e. The van der Waals surface area contributed by atoms with E-state index in [2.05, 4.69) is 30.5 Å². The number of hydrogen-bond donors (Lipinski definition) is 4. The number of alkyl carbamates (subject to hydrolysis) is 2. The van der Waals surface area contributed by atoms with Crippen LogP contribution in [0, 0.1) is 0 Å². The molecule has 4 amide bonds. The van der Waals surface area contributed by atoms with Crippen molar-refractivity contribution in [1.29, 1.82) is 0 Å². The SMILES string of the molecule is COC(=O)NCCNC(CCN(Cc1ccc(-c2ccccn2)cc1)NC(=O)C(=O)NC(=O)OC)Cc1ccccc1. The van der Waals surface area contributed by atoms with Gasteiger partial charge in [0.05, 0.1) is 19.9 Å². The molecule has 12 nitrogen and oxygen atoms in total. The van der Waals surface area contributed by atoms with Crippen molar-refractivity contribution in [2.75, 3.05) is 33.9 Å². The Morgan fingerprint density at radius 3 is 2.19 bits per heavy atom. The number of imide groups is 1. The predicted molar refractivity (Wildman–Crippen MR) is 156 cm³/mol. The van der Waals surface area contributed by atoms with E-state index in [0.717, 1.165) is 29.5 Å². The lowest BCUT2D eigenvalue weighted by Crippen LogP contribution is -2.50. The molecule has 0 bridgehead atoms. The molecule has 1 heterocycles. The van der Waals surface area contributed by atoms with Gasteiger partial charge in [0.15, 0.2) is 0 Å². The number of amides is 4. The van der Waals surface area contributed by atoms with Crippen molar-refractivity contribution < 1.29 is 28.7 Å². The molecule has 0 spiro atoms. The Hall–Kier alpha value is -4.81. The number of nitrogens with zero attached hydrogens (tertiary/aromatic N) is 2. The molecular weight excluding hydrogens is 540 g/mol. The van der Waals surface area contributed by atoms with Gasteiger partial charge in [-0.15, -0.1) is 0 Å². The van der Waals surface area contributed by atoms with Crippen LogP contribution in [0.4, 0.5) is 9.59 Å². The minimum absolute atomic E-state index is 0.0262. The molecule has 1 unspecified atom stereocenters. The van der Waals surface area contributed by atoms with Crippen LogP contribution in [0.2, 0.25) is 0 Å². The highest BCUT2D eigenvalue weighted by molar-refractivity contribution is 6.37. The van der Waals surface area contributed by atoms with Gasteiger partial charge in [-0.05, 0) is 36.1 Å². The second-order valence-corrected chi connectivity index (χ2v) is 9.27. The number of hydrazine groups is 1. The number of ether oxygens (including phenoxy) is 2. The van der Waals surface area contributed by atoms with Crippen LogP contribution in [0.25, 0.3) is 11.3 Å². The van der Waals surface area contributed by atoms with Gasteiger partial charge in [0.2, 0.25) is 0 Å². The number of carbonyl (C=O) groups excluding carboxylic acids is 4. The number of pyridine rings is 1. The third-order valence-corrected chi connectivity index (χ3v) is 6.24. The van der Waals surface area contributed by atoms with Crippen molar-refractivity contribution in [2.45, 2.75) is 25.4 Å². The molecule has 0 fully saturated rings.